The Hall–Kier alpha value is -1.68. The lowest BCUT2D eigenvalue weighted by Gasteiger charge is -2.26. The average Bonchev–Trinajstić information content (AvgIpc) is 3.32. The first-order valence-electron chi connectivity index (χ1n) is 10.7. The van der Waals surface area contributed by atoms with Gasteiger partial charge in [-0.3, -0.25) is 9.69 Å². The number of benzene rings is 1. The van der Waals surface area contributed by atoms with Gasteiger partial charge in [0.05, 0.1) is 25.2 Å². The Kier molecular flexibility index (Phi) is 8.50. The van der Waals surface area contributed by atoms with E-state index in [9.17, 15) is 13.2 Å². The number of amides is 1. The van der Waals surface area contributed by atoms with Crippen molar-refractivity contribution in [3.05, 3.63) is 23.8 Å². The zero-order valence-electron chi connectivity index (χ0n) is 17.8. The van der Waals surface area contributed by atoms with Gasteiger partial charge in [0.2, 0.25) is 15.9 Å². The maximum Gasteiger partial charge on any atom is 0.243 e. The van der Waals surface area contributed by atoms with Crippen molar-refractivity contribution in [2.45, 2.75) is 37.0 Å². The Morgan fingerprint density at radius 1 is 1.17 bits per heavy atom. The quantitative estimate of drug-likeness (QED) is 0.552. The summed E-state index contributed by atoms with van der Waals surface area (Å²) in [6.45, 7) is 6.17. The molecule has 168 valence electrons. The molecule has 2 heterocycles. The average molecular weight is 440 g/mol. The van der Waals surface area contributed by atoms with Crippen molar-refractivity contribution in [1.29, 1.82) is 0 Å². The Balaban J connectivity index is 1.50. The summed E-state index contributed by atoms with van der Waals surface area (Å²) in [6.07, 6.45) is 3.42. The molecule has 0 spiro atoms. The van der Waals surface area contributed by atoms with E-state index in [4.69, 9.17) is 9.47 Å². The minimum absolute atomic E-state index is 0.0353. The minimum Gasteiger partial charge on any atom is -0.496 e. The highest BCUT2D eigenvalue weighted by Crippen LogP contribution is 2.27. The molecule has 0 atom stereocenters. The van der Waals surface area contributed by atoms with Gasteiger partial charge >= 0.3 is 0 Å². The summed E-state index contributed by atoms with van der Waals surface area (Å²) in [7, 11) is -1.93. The molecule has 1 amide bonds. The molecular formula is C21H33N3O5S. The highest BCUT2D eigenvalue weighted by molar-refractivity contribution is 7.89. The number of carbonyl (C=O) groups excluding carboxylic acids is 1. The number of sulfonamides is 1. The summed E-state index contributed by atoms with van der Waals surface area (Å²) in [5, 5.41) is 2.96. The lowest BCUT2D eigenvalue weighted by atomic mass is 10.1. The third-order valence-electron chi connectivity index (χ3n) is 5.65. The van der Waals surface area contributed by atoms with Gasteiger partial charge in [-0.15, -0.1) is 0 Å². The van der Waals surface area contributed by atoms with Crippen LogP contribution in [0, 0.1) is 0 Å². The fourth-order valence-corrected chi connectivity index (χ4v) is 5.45. The molecule has 0 aromatic heterocycles. The number of hydrogen-bond donors (Lipinski definition) is 1. The smallest absolute Gasteiger partial charge is 0.243 e. The van der Waals surface area contributed by atoms with Crippen LogP contribution in [0.2, 0.25) is 0 Å². The molecule has 9 heteroatoms. The standard InChI is InChI=1S/C21H33N3O5S/c1-28-20-7-6-19(30(26,27)24-11-2-3-12-24)17-18(20)5-8-21(25)22-9-4-10-23-13-15-29-16-14-23/h6-7,17H,2-5,8-16H2,1H3,(H,22,25). The number of hydrogen-bond acceptors (Lipinski definition) is 6. The normalized spacial score (nSPS) is 18.4. The van der Waals surface area contributed by atoms with Crippen molar-refractivity contribution >= 4 is 15.9 Å². The van der Waals surface area contributed by atoms with E-state index in [1.165, 1.54) is 4.31 Å². The van der Waals surface area contributed by atoms with E-state index in [1.54, 1.807) is 25.3 Å². The Bertz CT molecular complexity index is 803. The van der Waals surface area contributed by atoms with Crippen LogP contribution in [0.3, 0.4) is 0 Å². The van der Waals surface area contributed by atoms with E-state index in [0.717, 1.165) is 57.7 Å². The van der Waals surface area contributed by atoms with Gasteiger partial charge in [0.25, 0.3) is 0 Å². The molecule has 2 fully saturated rings. The maximum absolute atomic E-state index is 12.8. The first-order valence-corrected chi connectivity index (χ1v) is 12.2. The molecule has 0 aliphatic carbocycles. The number of methoxy groups -OCH3 is 1. The second-order valence-corrected chi connectivity index (χ2v) is 9.68. The summed E-state index contributed by atoms with van der Waals surface area (Å²) in [5.74, 6) is 0.572. The van der Waals surface area contributed by atoms with Crippen molar-refractivity contribution < 1.29 is 22.7 Å². The van der Waals surface area contributed by atoms with Gasteiger partial charge in [-0.05, 0) is 56.0 Å². The molecular weight excluding hydrogens is 406 g/mol. The van der Waals surface area contributed by atoms with Crippen LogP contribution < -0.4 is 10.1 Å². The number of aryl methyl sites for hydroxylation is 1. The molecule has 0 unspecified atom stereocenters. The van der Waals surface area contributed by atoms with Gasteiger partial charge in [0.1, 0.15) is 5.75 Å². The molecule has 2 saturated heterocycles. The second kappa shape index (κ2) is 11.1. The fraction of sp³-hybridized carbons (Fsp3) is 0.667. The number of nitrogens with one attached hydrogen (secondary N) is 1. The predicted molar refractivity (Wildman–Crippen MR) is 114 cm³/mol. The third kappa shape index (κ3) is 6.16. The minimum atomic E-state index is -3.49. The molecule has 2 aliphatic rings. The lowest BCUT2D eigenvalue weighted by Crippen LogP contribution is -2.38. The molecule has 30 heavy (non-hydrogen) atoms. The second-order valence-electron chi connectivity index (χ2n) is 7.74. The molecule has 1 N–H and O–H groups in total. The summed E-state index contributed by atoms with van der Waals surface area (Å²) in [5.41, 5.74) is 0.737. The SMILES string of the molecule is COc1ccc(S(=O)(=O)N2CCCC2)cc1CCC(=O)NCCCN1CCOCC1. The monoisotopic (exact) mass is 439 g/mol. The number of ether oxygens (including phenoxy) is 2. The number of morpholine rings is 1. The molecule has 8 nitrogen and oxygen atoms in total. The van der Waals surface area contributed by atoms with Crippen LogP contribution in [0.25, 0.3) is 0 Å². The molecule has 3 rings (SSSR count). The number of rotatable bonds is 10. The van der Waals surface area contributed by atoms with Crippen LogP contribution in [0.5, 0.6) is 5.75 Å². The highest BCUT2D eigenvalue weighted by atomic mass is 32.2. The van der Waals surface area contributed by atoms with E-state index in [2.05, 4.69) is 10.2 Å². The number of nitrogens with zero attached hydrogens (tertiary/aromatic N) is 2. The third-order valence-corrected chi connectivity index (χ3v) is 7.55. The van der Waals surface area contributed by atoms with Crippen LogP contribution in [0.1, 0.15) is 31.2 Å². The van der Waals surface area contributed by atoms with Crippen molar-refractivity contribution in [2.24, 2.45) is 0 Å². The van der Waals surface area contributed by atoms with Gasteiger partial charge in [0.15, 0.2) is 0 Å². The molecule has 0 bridgehead atoms. The Morgan fingerprint density at radius 2 is 1.90 bits per heavy atom. The van der Waals surface area contributed by atoms with Crippen LogP contribution in [0.15, 0.2) is 23.1 Å². The molecule has 0 saturated carbocycles. The Labute approximate surface area is 179 Å². The van der Waals surface area contributed by atoms with Crippen LogP contribution in [-0.4, -0.2) is 83.1 Å². The van der Waals surface area contributed by atoms with Crippen molar-refractivity contribution in [1.82, 2.24) is 14.5 Å². The van der Waals surface area contributed by atoms with Crippen molar-refractivity contribution in [3.63, 3.8) is 0 Å². The summed E-state index contributed by atoms with van der Waals surface area (Å²) < 4.78 is 37.9. The Morgan fingerprint density at radius 3 is 2.60 bits per heavy atom. The largest absolute Gasteiger partial charge is 0.496 e. The molecule has 2 aliphatic heterocycles. The van der Waals surface area contributed by atoms with E-state index in [-0.39, 0.29) is 10.8 Å². The fourth-order valence-electron chi connectivity index (χ4n) is 3.88. The predicted octanol–water partition coefficient (Wildman–Crippen LogP) is 1.25. The van der Waals surface area contributed by atoms with Crippen molar-refractivity contribution in [3.8, 4) is 5.75 Å². The molecule has 0 radical (unpaired) electrons. The van der Waals surface area contributed by atoms with Crippen LogP contribution >= 0.6 is 0 Å². The number of carbonyl (C=O) groups is 1. The zero-order valence-corrected chi connectivity index (χ0v) is 18.6. The van der Waals surface area contributed by atoms with Crippen LogP contribution in [-0.2, 0) is 26.0 Å². The molecule has 1 aromatic rings. The first kappa shape index (κ1) is 23.0. The summed E-state index contributed by atoms with van der Waals surface area (Å²) >= 11 is 0. The first-order chi connectivity index (χ1) is 14.5. The van der Waals surface area contributed by atoms with Gasteiger partial charge in [0, 0.05) is 39.1 Å². The molecule has 1 aromatic carbocycles. The summed E-state index contributed by atoms with van der Waals surface area (Å²) in [6, 6.07) is 4.92. The lowest BCUT2D eigenvalue weighted by molar-refractivity contribution is -0.121. The topological polar surface area (TPSA) is 88.2 Å². The van der Waals surface area contributed by atoms with Gasteiger partial charge in [-0.2, -0.15) is 4.31 Å². The van der Waals surface area contributed by atoms with E-state index < -0.39 is 10.0 Å². The van der Waals surface area contributed by atoms with E-state index in [0.29, 0.717) is 38.2 Å². The summed E-state index contributed by atoms with van der Waals surface area (Å²) in [4.78, 5) is 14.9. The van der Waals surface area contributed by atoms with Gasteiger partial charge in [-0.25, -0.2) is 8.42 Å². The van der Waals surface area contributed by atoms with Crippen LogP contribution in [0.4, 0.5) is 0 Å². The zero-order chi connectivity index (χ0) is 21.4. The van der Waals surface area contributed by atoms with Gasteiger partial charge < -0.3 is 14.8 Å². The van der Waals surface area contributed by atoms with Crippen molar-refractivity contribution in [2.75, 3.05) is 59.6 Å². The maximum atomic E-state index is 12.8. The van der Waals surface area contributed by atoms with E-state index in [1.807, 2.05) is 0 Å². The highest BCUT2D eigenvalue weighted by Gasteiger charge is 2.27. The van der Waals surface area contributed by atoms with E-state index >= 15 is 0 Å². The van der Waals surface area contributed by atoms with Gasteiger partial charge in [-0.1, -0.05) is 0 Å².